The van der Waals surface area contributed by atoms with Gasteiger partial charge in [0, 0.05) is 13.1 Å². The van der Waals surface area contributed by atoms with Crippen molar-refractivity contribution in [3.63, 3.8) is 0 Å². The second-order valence-corrected chi connectivity index (χ2v) is 3.75. The summed E-state index contributed by atoms with van der Waals surface area (Å²) >= 11 is 0. The van der Waals surface area contributed by atoms with Gasteiger partial charge in [0.15, 0.2) is 6.61 Å². The summed E-state index contributed by atoms with van der Waals surface area (Å²) in [5, 5.41) is 0. The molecule has 0 aromatic carbocycles. The molecule has 106 valence electrons. The van der Waals surface area contributed by atoms with Crippen molar-refractivity contribution in [2.24, 2.45) is 0 Å². The highest BCUT2D eigenvalue weighted by molar-refractivity contribution is 5.71. The van der Waals surface area contributed by atoms with E-state index in [1.54, 1.807) is 4.90 Å². The molecule has 0 bridgehead atoms. The fourth-order valence-corrected chi connectivity index (χ4v) is 1.24. The second kappa shape index (κ2) is 5.79. The molecule has 0 aromatic heterocycles. The fraction of sp³-hybridized carbons (Fsp3) is 0.889. The lowest BCUT2D eigenvalue weighted by molar-refractivity contribution is -0.294. The molecule has 0 unspecified atom stereocenters. The zero-order valence-corrected chi connectivity index (χ0v) is 9.30. The van der Waals surface area contributed by atoms with Gasteiger partial charge in [-0.05, 0) is 0 Å². The van der Waals surface area contributed by atoms with Gasteiger partial charge < -0.3 is 9.47 Å². The average Bonchev–Trinajstić information content (AvgIpc) is 2.26. The minimum Gasteiger partial charge on any atom is -0.458 e. The molecule has 0 aromatic rings. The van der Waals surface area contributed by atoms with E-state index in [2.05, 4.69) is 4.74 Å². The molecule has 0 amide bonds. The molecule has 0 spiro atoms. The Hall–Kier alpha value is -0.960. The van der Waals surface area contributed by atoms with Crippen molar-refractivity contribution in [2.75, 3.05) is 39.5 Å². The zero-order valence-electron chi connectivity index (χ0n) is 9.30. The number of rotatable bonds is 4. The van der Waals surface area contributed by atoms with Gasteiger partial charge in [0.25, 0.3) is 0 Å². The first-order valence-corrected chi connectivity index (χ1v) is 5.12. The largest absolute Gasteiger partial charge is 0.458 e. The zero-order chi connectivity index (χ0) is 13.8. The highest BCUT2D eigenvalue weighted by atomic mass is 19.4. The average molecular weight is 277 g/mol. The Labute approximate surface area is 99.6 Å². The summed E-state index contributed by atoms with van der Waals surface area (Å²) in [7, 11) is 0. The Balaban J connectivity index is 2.32. The summed E-state index contributed by atoms with van der Waals surface area (Å²) in [5.41, 5.74) is 0. The van der Waals surface area contributed by atoms with E-state index in [4.69, 9.17) is 4.74 Å². The van der Waals surface area contributed by atoms with Crippen LogP contribution in [0, 0.1) is 0 Å². The molecule has 9 heteroatoms. The second-order valence-electron chi connectivity index (χ2n) is 3.75. The Bertz CT molecular complexity index is 288. The normalized spacial score (nSPS) is 18.7. The highest BCUT2D eigenvalue weighted by Crippen LogP contribution is 2.35. The van der Waals surface area contributed by atoms with Crippen molar-refractivity contribution in [1.82, 2.24) is 4.90 Å². The number of alkyl halides is 5. The molecular weight excluding hydrogens is 265 g/mol. The molecule has 0 atom stereocenters. The van der Waals surface area contributed by atoms with Gasteiger partial charge in [-0.25, -0.2) is 0 Å². The van der Waals surface area contributed by atoms with Gasteiger partial charge in [0.05, 0.1) is 19.8 Å². The van der Waals surface area contributed by atoms with Crippen LogP contribution in [0.4, 0.5) is 22.0 Å². The number of carbonyl (C=O) groups excluding carboxylic acids is 1. The van der Waals surface area contributed by atoms with Crippen molar-refractivity contribution in [3.05, 3.63) is 0 Å². The first-order chi connectivity index (χ1) is 8.22. The van der Waals surface area contributed by atoms with Crippen LogP contribution in [0.25, 0.3) is 0 Å². The van der Waals surface area contributed by atoms with Crippen LogP contribution in [0.2, 0.25) is 0 Å². The monoisotopic (exact) mass is 277 g/mol. The van der Waals surface area contributed by atoms with Gasteiger partial charge in [-0.3, -0.25) is 9.69 Å². The molecule has 1 saturated heterocycles. The minimum atomic E-state index is -5.72. The van der Waals surface area contributed by atoms with Crippen LogP contribution in [-0.2, 0) is 14.3 Å². The van der Waals surface area contributed by atoms with E-state index in [-0.39, 0.29) is 6.54 Å². The first kappa shape index (κ1) is 15.1. The number of esters is 1. The summed E-state index contributed by atoms with van der Waals surface area (Å²) in [4.78, 5) is 12.6. The standard InChI is InChI=1S/C9H12F5NO3/c10-8(11,9(12,13)14)6-18-7(16)5-15-1-3-17-4-2-15/h1-6H2. The molecule has 1 aliphatic heterocycles. The fourth-order valence-electron chi connectivity index (χ4n) is 1.24. The summed E-state index contributed by atoms with van der Waals surface area (Å²) in [6, 6.07) is 0. The first-order valence-electron chi connectivity index (χ1n) is 5.12. The maximum Gasteiger partial charge on any atom is 0.456 e. The molecule has 0 radical (unpaired) electrons. The van der Waals surface area contributed by atoms with Gasteiger partial charge >= 0.3 is 18.1 Å². The Morgan fingerprint density at radius 3 is 2.22 bits per heavy atom. The number of hydrogen-bond donors (Lipinski definition) is 0. The van der Waals surface area contributed by atoms with Crippen LogP contribution in [0.3, 0.4) is 0 Å². The number of morpholine rings is 1. The van der Waals surface area contributed by atoms with E-state index in [1.807, 2.05) is 0 Å². The minimum absolute atomic E-state index is 0.322. The van der Waals surface area contributed by atoms with Crippen LogP contribution in [0.1, 0.15) is 0 Å². The number of carbonyl (C=O) groups is 1. The summed E-state index contributed by atoms with van der Waals surface area (Å²) in [6.07, 6.45) is -5.72. The predicted octanol–water partition coefficient (Wildman–Crippen LogP) is 1.06. The van der Waals surface area contributed by atoms with Crippen LogP contribution >= 0.6 is 0 Å². The van der Waals surface area contributed by atoms with Crippen molar-refractivity contribution in [2.45, 2.75) is 12.1 Å². The van der Waals surface area contributed by atoms with E-state index >= 15 is 0 Å². The van der Waals surface area contributed by atoms with E-state index in [9.17, 15) is 26.7 Å². The number of ether oxygens (including phenoxy) is 2. The number of halogens is 5. The third kappa shape index (κ3) is 4.37. The van der Waals surface area contributed by atoms with Crippen LogP contribution in [-0.4, -0.2) is 62.4 Å². The maximum atomic E-state index is 12.4. The Kier molecular flexibility index (Phi) is 4.85. The van der Waals surface area contributed by atoms with Crippen molar-refractivity contribution in [1.29, 1.82) is 0 Å². The molecule has 1 aliphatic rings. The molecule has 4 nitrogen and oxygen atoms in total. The molecule has 1 fully saturated rings. The molecule has 1 rings (SSSR count). The van der Waals surface area contributed by atoms with E-state index < -0.39 is 24.7 Å². The van der Waals surface area contributed by atoms with Crippen molar-refractivity contribution < 1.29 is 36.2 Å². The van der Waals surface area contributed by atoms with Gasteiger partial charge in [-0.1, -0.05) is 0 Å². The van der Waals surface area contributed by atoms with Gasteiger partial charge in [-0.15, -0.1) is 0 Å². The maximum absolute atomic E-state index is 12.4. The molecule has 18 heavy (non-hydrogen) atoms. The molecule has 0 saturated carbocycles. The van der Waals surface area contributed by atoms with Gasteiger partial charge in [0.1, 0.15) is 0 Å². The molecule has 1 heterocycles. The van der Waals surface area contributed by atoms with Crippen molar-refractivity contribution in [3.8, 4) is 0 Å². The topological polar surface area (TPSA) is 38.8 Å². The van der Waals surface area contributed by atoms with E-state index in [0.29, 0.717) is 26.3 Å². The number of nitrogens with zero attached hydrogens (tertiary/aromatic N) is 1. The molecular formula is C9H12F5NO3. The van der Waals surface area contributed by atoms with Crippen LogP contribution in [0.15, 0.2) is 0 Å². The summed E-state index contributed by atoms with van der Waals surface area (Å²) in [6.45, 7) is -0.732. The van der Waals surface area contributed by atoms with E-state index in [0.717, 1.165) is 0 Å². The summed E-state index contributed by atoms with van der Waals surface area (Å²) in [5.74, 6) is -6.13. The molecule has 0 aliphatic carbocycles. The lowest BCUT2D eigenvalue weighted by Gasteiger charge is -2.26. The van der Waals surface area contributed by atoms with Gasteiger partial charge in [-0.2, -0.15) is 22.0 Å². The van der Waals surface area contributed by atoms with Gasteiger partial charge in [0.2, 0.25) is 0 Å². The Morgan fingerprint density at radius 1 is 1.17 bits per heavy atom. The number of hydrogen-bond acceptors (Lipinski definition) is 4. The predicted molar refractivity (Wildman–Crippen MR) is 49.2 cm³/mol. The SMILES string of the molecule is O=C(CN1CCOCC1)OCC(F)(F)C(F)(F)F. The van der Waals surface area contributed by atoms with E-state index in [1.165, 1.54) is 0 Å². The quantitative estimate of drug-likeness (QED) is 0.569. The highest BCUT2D eigenvalue weighted by Gasteiger charge is 2.58. The summed E-state index contributed by atoms with van der Waals surface area (Å²) < 4.78 is 69.1. The third-order valence-electron chi connectivity index (χ3n) is 2.29. The molecule has 0 N–H and O–H groups in total. The van der Waals surface area contributed by atoms with Crippen LogP contribution < -0.4 is 0 Å². The Morgan fingerprint density at radius 2 is 1.72 bits per heavy atom. The smallest absolute Gasteiger partial charge is 0.456 e. The lowest BCUT2D eigenvalue weighted by atomic mass is 10.3. The third-order valence-corrected chi connectivity index (χ3v) is 2.29. The van der Waals surface area contributed by atoms with Crippen molar-refractivity contribution >= 4 is 5.97 Å². The van der Waals surface area contributed by atoms with Crippen LogP contribution in [0.5, 0.6) is 0 Å². The lowest BCUT2D eigenvalue weighted by Crippen LogP contribution is -2.44.